The molecule has 0 atom stereocenters. The third kappa shape index (κ3) is 3.02. The first kappa shape index (κ1) is 14.6. The van der Waals surface area contributed by atoms with Gasteiger partial charge in [-0.2, -0.15) is 0 Å². The summed E-state index contributed by atoms with van der Waals surface area (Å²) in [7, 11) is -3.84. The lowest BCUT2D eigenvalue weighted by molar-refractivity contribution is 0.566. The molecule has 0 bridgehead atoms. The number of hydrogen-bond donors (Lipinski definition) is 1. The van der Waals surface area contributed by atoms with Crippen LogP contribution in [0.25, 0.3) is 0 Å². The first-order valence-electron chi connectivity index (χ1n) is 5.88. The van der Waals surface area contributed by atoms with Crippen molar-refractivity contribution >= 4 is 9.84 Å². The van der Waals surface area contributed by atoms with Gasteiger partial charge in [-0.1, -0.05) is 18.2 Å². The molecule has 2 N–H and O–H groups in total. The molecule has 106 valence electrons. The van der Waals surface area contributed by atoms with E-state index < -0.39 is 27.2 Å². The quantitative estimate of drug-likeness (QED) is 0.942. The third-order valence-electron chi connectivity index (χ3n) is 2.91. The van der Waals surface area contributed by atoms with Crippen LogP contribution in [-0.4, -0.2) is 8.42 Å². The molecule has 0 fully saturated rings. The van der Waals surface area contributed by atoms with E-state index in [2.05, 4.69) is 0 Å². The molecule has 2 aromatic carbocycles. The topological polar surface area (TPSA) is 60.2 Å². The van der Waals surface area contributed by atoms with Crippen LogP contribution in [0.5, 0.6) is 0 Å². The summed E-state index contributed by atoms with van der Waals surface area (Å²) < 4.78 is 51.1. The van der Waals surface area contributed by atoms with E-state index in [0.717, 1.165) is 12.1 Å². The van der Waals surface area contributed by atoms with Crippen molar-refractivity contribution in [2.75, 3.05) is 0 Å². The van der Waals surface area contributed by atoms with Gasteiger partial charge in [-0.3, -0.25) is 0 Å². The van der Waals surface area contributed by atoms with E-state index in [4.69, 9.17) is 5.73 Å². The van der Waals surface area contributed by atoms with Crippen molar-refractivity contribution in [3.8, 4) is 0 Å². The summed E-state index contributed by atoms with van der Waals surface area (Å²) in [6, 6.07) is 8.85. The lowest BCUT2D eigenvalue weighted by atomic mass is 10.1. The minimum atomic E-state index is -3.84. The van der Waals surface area contributed by atoms with Crippen molar-refractivity contribution in [1.82, 2.24) is 0 Å². The van der Waals surface area contributed by atoms with E-state index in [-0.39, 0.29) is 11.4 Å². The van der Waals surface area contributed by atoms with Crippen molar-refractivity contribution in [3.63, 3.8) is 0 Å². The van der Waals surface area contributed by atoms with E-state index in [0.29, 0.717) is 11.1 Å². The van der Waals surface area contributed by atoms with E-state index >= 15 is 0 Å². The Morgan fingerprint density at radius 3 is 2.35 bits per heavy atom. The number of rotatable bonds is 4. The molecule has 0 unspecified atom stereocenters. The van der Waals surface area contributed by atoms with Crippen LogP contribution in [0.1, 0.15) is 11.1 Å². The Morgan fingerprint density at radius 2 is 1.70 bits per heavy atom. The Labute approximate surface area is 116 Å². The molecule has 0 aliphatic carbocycles. The van der Waals surface area contributed by atoms with Crippen LogP contribution >= 0.6 is 0 Å². The maximum absolute atomic E-state index is 13.6. The van der Waals surface area contributed by atoms with Crippen molar-refractivity contribution in [3.05, 3.63) is 65.2 Å². The molecular formula is C14H13F2NO2S. The van der Waals surface area contributed by atoms with E-state index in [1.54, 1.807) is 0 Å². The molecule has 0 heterocycles. The summed E-state index contributed by atoms with van der Waals surface area (Å²) in [5.74, 6) is -1.71. The number of sulfone groups is 1. The molecule has 0 spiro atoms. The molecule has 0 radical (unpaired) electrons. The Bertz CT molecular complexity index is 730. The molecule has 0 saturated heterocycles. The van der Waals surface area contributed by atoms with Crippen LogP contribution in [-0.2, 0) is 22.1 Å². The molecule has 6 heteroatoms. The highest BCUT2D eigenvalue weighted by atomic mass is 32.2. The fourth-order valence-electron chi connectivity index (χ4n) is 1.90. The van der Waals surface area contributed by atoms with Crippen molar-refractivity contribution < 1.29 is 17.2 Å². The Hall–Kier alpha value is -1.79. The van der Waals surface area contributed by atoms with Crippen molar-refractivity contribution in [2.45, 2.75) is 17.2 Å². The number of halogens is 2. The predicted molar refractivity (Wildman–Crippen MR) is 71.6 cm³/mol. The summed E-state index contributed by atoms with van der Waals surface area (Å²) in [5, 5.41) is 0. The van der Waals surface area contributed by atoms with Gasteiger partial charge in [0.25, 0.3) is 0 Å². The number of benzene rings is 2. The Morgan fingerprint density at radius 1 is 1.00 bits per heavy atom. The van der Waals surface area contributed by atoms with E-state index in [9.17, 15) is 17.2 Å². The van der Waals surface area contributed by atoms with Gasteiger partial charge in [0, 0.05) is 6.54 Å². The SMILES string of the molecule is NCc1cc(F)ccc1CS(=O)(=O)c1ccccc1F. The zero-order valence-electron chi connectivity index (χ0n) is 10.5. The molecule has 0 aliphatic heterocycles. The van der Waals surface area contributed by atoms with Gasteiger partial charge in [-0.25, -0.2) is 17.2 Å². The van der Waals surface area contributed by atoms with Gasteiger partial charge in [-0.05, 0) is 35.4 Å². The maximum atomic E-state index is 13.6. The lowest BCUT2D eigenvalue weighted by Crippen LogP contribution is -2.10. The standard InChI is InChI=1S/C14H13F2NO2S/c15-12-6-5-10(11(7-12)8-17)9-20(18,19)14-4-2-1-3-13(14)16/h1-7H,8-9,17H2. The number of nitrogens with two attached hydrogens (primary N) is 1. The zero-order valence-corrected chi connectivity index (χ0v) is 11.3. The molecule has 0 saturated carbocycles. The largest absolute Gasteiger partial charge is 0.326 e. The molecular weight excluding hydrogens is 284 g/mol. The van der Waals surface area contributed by atoms with Gasteiger partial charge < -0.3 is 5.73 Å². The highest BCUT2D eigenvalue weighted by Crippen LogP contribution is 2.21. The monoisotopic (exact) mass is 297 g/mol. The summed E-state index contributed by atoms with van der Waals surface area (Å²) in [4.78, 5) is -0.368. The normalized spacial score (nSPS) is 11.6. The summed E-state index contributed by atoms with van der Waals surface area (Å²) in [5.41, 5.74) is 6.24. The van der Waals surface area contributed by atoms with Crippen molar-refractivity contribution in [2.24, 2.45) is 5.73 Å². The Balaban J connectivity index is 2.41. The third-order valence-corrected chi connectivity index (χ3v) is 4.60. The molecule has 20 heavy (non-hydrogen) atoms. The predicted octanol–water partition coefficient (Wildman–Crippen LogP) is 2.40. The van der Waals surface area contributed by atoms with Gasteiger partial charge >= 0.3 is 0 Å². The van der Waals surface area contributed by atoms with Crippen LogP contribution in [0, 0.1) is 11.6 Å². The zero-order chi connectivity index (χ0) is 14.8. The minimum Gasteiger partial charge on any atom is -0.326 e. The fraction of sp³-hybridized carbons (Fsp3) is 0.143. The summed E-state index contributed by atoms with van der Waals surface area (Å²) in [6.45, 7) is 0.0138. The summed E-state index contributed by atoms with van der Waals surface area (Å²) >= 11 is 0. The van der Waals surface area contributed by atoms with Gasteiger partial charge in [0.05, 0.1) is 5.75 Å². The summed E-state index contributed by atoms with van der Waals surface area (Å²) in [6.07, 6.45) is 0. The molecule has 0 amide bonds. The minimum absolute atomic E-state index is 0.0138. The van der Waals surface area contributed by atoms with Crippen LogP contribution in [0.15, 0.2) is 47.4 Å². The Kier molecular flexibility index (Phi) is 4.15. The van der Waals surface area contributed by atoms with Gasteiger partial charge in [-0.15, -0.1) is 0 Å². The van der Waals surface area contributed by atoms with Gasteiger partial charge in [0.2, 0.25) is 0 Å². The molecule has 2 aromatic rings. The second-order valence-corrected chi connectivity index (χ2v) is 6.26. The van der Waals surface area contributed by atoms with Gasteiger partial charge in [0.1, 0.15) is 16.5 Å². The van der Waals surface area contributed by atoms with Crippen LogP contribution < -0.4 is 5.73 Å². The number of hydrogen-bond acceptors (Lipinski definition) is 3. The average Bonchev–Trinajstić information content (AvgIpc) is 2.41. The average molecular weight is 297 g/mol. The highest BCUT2D eigenvalue weighted by Gasteiger charge is 2.20. The molecule has 2 rings (SSSR count). The second-order valence-electron chi connectivity index (χ2n) is 4.31. The molecule has 3 nitrogen and oxygen atoms in total. The lowest BCUT2D eigenvalue weighted by Gasteiger charge is -2.09. The van der Waals surface area contributed by atoms with Crippen molar-refractivity contribution in [1.29, 1.82) is 0 Å². The second kappa shape index (κ2) is 5.68. The fourth-order valence-corrected chi connectivity index (χ4v) is 3.40. The smallest absolute Gasteiger partial charge is 0.185 e. The molecule has 0 aromatic heterocycles. The van der Waals surface area contributed by atoms with E-state index in [1.165, 1.54) is 30.3 Å². The van der Waals surface area contributed by atoms with Crippen LogP contribution in [0.4, 0.5) is 8.78 Å². The van der Waals surface area contributed by atoms with Crippen LogP contribution in [0.3, 0.4) is 0 Å². The first-order valence-corrected chi connectivity index (χ1v) is 7.54. The van der Waals surface area contributed by atoms with E-state index in [1.807, 2.05) is 0 Å². The van der Waals surface area contributed by atoms with Gasteiger partial charge in [0.15, 0.2) is 9.84 Å². The maximum Gasteiger partial charge on any atom is 0.185 e. The van der Waals surface area contributed by atoms with Crippen LogP contribution in [0.2, 0.25) is 0 Å². The molecule has 0 aliphatic rings. The highest BCUT2D eigenvalue weighted by molar-refractivity contribution is 7.90. The first-order chi connectivity index (χ1) is 9.44.